The van der Waals surface area contributed by atoms with E-state index in [2.05, 4.69) is 80.5 Å². The number of ketones is 1. The minimum absolute atomic E-state index is 0. The molecule has 0 bridgehead atoms. The van der Waals surface area contributed by atoms with Crippen molar-refractivity contribution < 1.29 is 60.3 Å². The number of Topliss-reactive ketones (excluding diaryl/α,β-unsaturated/α-hetero) is 1. The quantitative estimate of drug-likeness (QED) is 0.131. The molecule has 3 radical (unpaired) electrons. The molecule has 7 heterocycles. The second-order valence-corrected chi connectivity index (χ2v) is 24.8. The second kappa shape index (κ2) is 37.1. The van der Waals surface area contributed by atoms with Gasteiger partial charge in [0.25, 0.3) is 29.5 Å². The standard InChI is InChI=1S/C18H26N2O.C13H15NO2.C13H17NO.C12H15NO2.C10H11NO.C6H13N.B.FH.Li.H2.H/c1-14-5-8-19(9-6-14)11-12-20-10-7-16-13-15(2)3-4-17(16)18(20)21;1-9-3-4-12-11(7-9)5-6-14(13(12)16)8-10(2)15;1-3-7-14-8-6-11-9-10(2)4-5-12(11)13(14)15;1-9-2-3-11-10(8-9)4-5-13(6-7-14)12(11)15;1-7-2-3-9-8(6-7)4-5-11-10(9)12;1-6-2-4-7-5-3-6;;;;;/h3-4,13-14H,5-12H2,1-2H3;3-4,7H,5-6,8H2,1-2H3;4-5,9H,3,6-8H2,1-2H3;2-3,8,14H,4-7H2,1H3;2-3,6H,4-5H2,1H3,(H,11,12);6-7H,2-5H2,1H3;;1H;;1H;/q;;;;;;;;+1;;-1/i;;;;;;;;;1+2;. The summed E-state index contributed by atoms with van der Waals surface area (Å²) in [5.74, 6) is 2.40. The molecule has 5 aromatic rings. The van der Waals surface area contributed by atoms with Crippen LogP contribution in [0.25, 0.3) is 0 Å². The third-order valence-corrected chi connectivity index (χ3v) is 17.4. The Balaban J connectivity index is 0.000000375. The first-order chi connectivity index (χ1) is 41.3. The van der Waals surface area contributed by atoms with Gasteiger partial charge in [0.15, 0.2) is 0 Å². The number of carbonyl (C=O) groups is 6. The van der Waals surface area contributed by atoms with E-state index >= 15 is 0 Å². The normalized spacial score (nSPS) is 16.8. The van der Waals surface area contributed by atoms with E-state index in [0.29, 0.717) is 13.1 Å². The minimum Gasteiger partial charge on any atom is -1.00 e. The molecule has 89 heavy (non-hydrogen) atoms. The van der Waals surface area contributed by atoms with Crippen LogP contribution >= 0.6 is 0 Å². The fraction of sp³-hybridized carbons (Fsp3) is 0.500. The molecule has 0 atom stereocenters. The Kier molecular flexibility index (Phi) is 31.2. The van der Waals surface area contributed by atoms with Crippen molar-refractivity contribution in [3.63, 3.8) is 0 Å². The number of hydrogen-bond acceptors (Lipinski definition) is 9. The average Bonchev–Trinajstić information content (AvgIpc) is 1.00. The topological polar surface area (TPSA) is 163 Å². The van der Waals surface area contributed by atoms with E-state index in [9.17, 15) is 28.8 Å². The number of likely N-dealkylation sites (tertiary alicyclic amines) is 1. The van der Waals surface area contributed by atoms with Gasteiger partial charge in [-0.05, 0) is 202 Å². The number of rotatable bonds is 9. The van der Waals surface area contributed by atoms with Crippen LogP contribution in [0, 0.1) is 46.5 Å². The van der Waals surface area contributed by atoms with Crippen LogP contribution < -0.4 is 29.5 Å². The molecular weight excluding hydrogens is 1110 g/mol. The number of aliphatic hydroxyl groups excluding tert-OH is 1. The number of halogens is 1. The molecule has 0 saturated carbocycles. The number of aryl methyl sites for hydroxylation is 5. The Morgan fingerprint density at radius 2 is 0.843 bits per heavy atom. The maximum atomic E-state index is 12.6. The Labute approximate surface area is 547 Å². The van der Waals surface area contributed by atoms with E-state index in [4.69, 9.17) is 5.11 Å². The van der Waals surface area contributed by atoms with Gasteiger partial charge in [-0.2, -0.15) is 0 Å². The second-order valence-electron chi connectivity index (χ2n) is 24.8. The number of benzene rings is 5. The average molecular weight is 1220 g/mol. The zero-order valence-electron chi connectivity index (χ0n) is 56.1. The van der Waals surface area contributed by atoms with Crippen molar-refractivity contribution in [3.8, 4) is 0 Å². The van der Waals surface area contributed by atoms with Crippen LogP contribution in [0.3, 0.4) is 0 Å². The number of β-amino-alcohol motifs (C(OH)–C–C–N with tert-alkyl or cyclic N) is 1. The van der Waals surface area contributed by atoms with E-state index in [1.165, 1.54) is 103 Å². The van der Waals surface area contributed by atoms with Crippen molar-refractivity contribution in [2.45, 2.75) is 127 Å². The van der Waals surface area contributed by atoms with Gasteiger partial charge in [-0.25, -0.2) is 0 Å². The molecular formula is C72H101BFLiN7O7. The summed E-state index contributed by atoms with van der Waals surface area (Å²) in [6.45, 7) is 30.8. The first-order valence-corrected chi connectivity index (χ1v) is 31.8. The summed E-state index contributed by atoms with van der Waals surface area (Å²) in [4.78, 5) is 80.7. The van der Waals surface area contributed by atoms with E-state index in [0.717, 1.165) is 135 Å². The van der Waals surface area contributed by atoms with Crippen molar-refractivity contribution in [2.75, 3.05) is 98.2 Å². The van der Waals surface area contributed by atoms with Crippen molar-refractivity contribution >= 4 is 43.7 Å². The molecule has 17 heteroatoms. The van der Waals surface area contributed by atoms with Gasteiger partial charge >= 0.3 is 18.9 Å². The molecule has 2 saturated heterocycles. The van der Waals surface area contributed by atoms with Gasteiger partial charge in [-0.1, -0.05) is 109 Å². The zero-order valence-corrected chi connectivity index (χ0v) is 55.1. The summed E-state index contributed by atoms with van der Waals surface area (Å²) in [6.07, 6.45) is 11.1. The van der Waals surface area contributed by atoms with Crippen LogP contribution in [0.4, 0.5) is 4.70 Å². The van der Waals surface area contributed by atoms with E-state index in [-0.39, 0.29) is 83.3 Å². The van der Waals surface area contributed by atoms with Gasteiger partial charge in [0, 0.05) is 96.6 Å². The molecule has 5 amide bonds. The van der Waals surface area contributed by atoms with Crippen molar-refractivity contribution in [1.29, 1.82) is 0 Å². The van der Waals surface area contributed by atoms with Gasteiger partial charge in [-0.3, -0.25) is 33.5 Å². The van der Waals surface area contributed by atoms with Crippen LogP contribution in [0.2, 0.25) is 0 Å². The zero-order chi connectivity index (χ0) is 61.9. The molecule has 2 fully saturated rings. The largest absolute Gasteiger partial charge is 1.00 e. The van der Waals surface area contributed by atoms with Crippen LogP contribution in [0.15, 0.2) is 91.0 Å². The van der Waals surface area contributed by atoms with Crippen molar-refractivity contribution in [3.05, 3.63) is 174 Å². The number of fused-ring (bicyclic) bond motifs is 5. The Morgan fingerprint density at radius 1 is 0.494 bits per heavy atom. The van der Waals surface area contributed by atoms with E-state index in [1.54, 1.807) is 9.80 Å². The van der Waals surface area contributed by atoms with Gasteiger partial charge in [-0.15, -0.1) is 0 Å². The number of piperidine rings is 2. The first kappa shape index (κ1) is 75.1. The molecule has 0 unspecified atom stereocenters. The molecule has 477 valence electrons. The maximum Gasteiger partial charge on any atom is 1.00 e. The molecule has 12 rings (SSSR count). The summed E-state index contributed by atoms with van der Waals surface area (Å²) in [5.41, 5.74) is 16.1. The summed E-state index contributed by atoms with van der Waals surface area (Å²) < 4.78 is 0. The molecule has 3 N–H and O–H groups in total. The van der Waals surface area contributed by atoms with Crippen LogP contribution in [0.1, 0.15) is 170 Å². The summed E-state index contributed by atoms with van der Waals surface area (Å²) >= 11 is 0. The fourth-order valence-corrected chi connectivity index (χ4v) is 12.2. The van der Waals surface area contributed by atoms with Crippen LogP contribution in [-0.4, -0.2) is 172 Å². The smallest absolute Gasteiger partial charge is 1.00 e. The number of aliphatic hydroxyl groups is 1. The number of amides is 5. The molecule has 0 aliphatic carbocycles. The fourth-order valence-electron chi connectivity index (χ4n) is 12.2. The first-order valence-electron chi connectivity index (χ1n) is 31.8. The molecule has 14 nitrogen and oxygen atoms in total. The molecule has 7 aliphatic rings. The predicted octanol–water partition coefficient (Wildman–Crippen LogP) is 7.12. The van der Waals surface area contributed by atoms with Crippen LogP contribution in [0.5, 0.6) is 0 Å². The van der Waals surface area contributed by atoms with Gasteiger partial charge in [0.05, 0.1) is 13.2 Å². The summed E-state index contributed by atoms with van der Waals surface area (Å²) in [5, 5.41) is 15.0. The summed E-state index contributed by atoms with van der Waals surface area (Å²) in [7, 11) is 0. The number of hydrogen-bond donors (Lipinski definition) is 3. The summed E-state index contributed by atoms with van der Waals surface area (Å²) in [6, 6.07) is 30.1. The molecule has 0 spiro atoms. The number of nitrogens with one attached hydrogen (secondary N) is 2. The minimum atomic E-state index is -0.0172. The Hall–Kier alpha value is -6.41. The predicted molar refractivity (Wildman–Crippen MR) is 356 cm³/mol. The molecule has 5 aromatic carbocycles. The number of nitrogens with zero attached hydrogens (tertiary/aromatic N) is 5. The van der Waals surface area contributed by atoms with E-state index in [1.807, 2.05) is 91.2 Å². The Bertz CT molecular complexity index is 3100. The third kappa shape index (κ3) is 21.9. The Morgan fingerprint density at radius 3 is 1.21 bits per heavy atom. The van der Waals surface area contributed by atoms with Crippen LogP contribution in [-0.2, 0) is 36.9 Å². The third-order valence-electron chi connectivity index (χ3n) is 17.4. The van der Waals surface area contributed by atoms with Gasteiger partial charge in [0.1, 0.15) is 5.78 Å². The van der Waals surface area contributed by atoms with Crippen molar-refractivity contribution in [1.82, 2.24) is 35.1 Å². The molecule has 0 aromatic heterocycles. The van der Waals surface area contributed by atoms with Crippen molar-refractivity contribution in [2.24, 2.45) is 11.8 Å². The SMILES string of the molecule is CC(=O)CN1CCc2cc(C)ccc2C1=O.CC1CCNCC1.CCCN1CCc2cc(C)ccc2C1=O.Cc1ccc2c(c1)CCN(CCN1CCC(C)CC1)C2=O.Cc1ccc2c(c1)CCN(CCO)C2=O.Cc1ccc2c(c1)CCNC2=O.F.[3HH].[B].[H-].[Li+]. The number of carbonyl (C=O) groups excluding carboxylic acids is 6. The van der Waals surface area contributed by atoms with E-state index < -0.39 is 0 Å². The molecule has 7 aliphatic heterocycles. The van der Waals surface area contributed by atoms with Gasteiger partial charge < -0.3 is 41.7 Å². The monoisotopic (exact) mass is 1210 g/mol. The maximum absolute atomic E-state index is 12.6. The van der Waals surface area contributed by atoms with Gasteiger partial charge in [0.2, 0.25) is 0 Å².